The minimum absolute atomic E-state index is 0.0778. The van der Waals surface area contributed by atoms with Crippen molar-refractivity contribution >= 4 is 70.1 Å². The molecule has 1 aliphatic carbocycles. The summed E-state index contributed by atoms with van der Waals surface area (Å²) >= 11 is 1.89. The number of furan rings is 1. The monoisotopic (exact) mass is 713 g/mol. The summed E-state index contributed by atoms with van der Waals surface area (Å²) in [6.07, 6.45) is 8.50. The summed E-state index contributed by atoms with van der Waals surface area (Å²) in [6.45, 7) is 0. The molecule has 2 atom stereocenters. The van der Waals surface area contributed by atoms with Gasteiger partial charge in [0.25, 0.3) is 0 Å². The van der Waals surface area contributed by atoms with E-state index in [1.807, 2.05) is 17.4 Å². The van der Waals surface area contributed by atoms with Gasteiger partial charge < -0.3 is 9.73 Å². The highest BCUT2D eigenvalue weighted by atomic mass is 32.1. The molecule has 0 amide bonds. The number of hydrogen-bond acceptors (Lipinski definition) is 5. The van der Waals surface area contributed by atoms with Crippen LogP contribution in [-0.4, -0.2) is 12.0 Å². The Kier molecular flexibility index (Phi) is 7.35. The minimum Gasteiger partial charge on any atom is -0.455 e. The van der Waals surface area contributed by atoms with Crippen molar-refractivity contribution in [2.75, 3.05) is 0 Å². The lowest BCUT2D eigenvalue weighted by Gasteiger charge is -2.33. The second-order valence-corrected chi connectivity index (χ2v) is 15.3. The third-order valence-corrected chi connectivity index (χ3v) is 12.4. The van der Waals surface area contributed by atoms with Crippen molar-refractivity contribution in [3.63, 3.8) is 0 Å². The van der Waals surface area contributed by atoms with E-state index in [9.17, 15) is 0 Å². The lowest BCUT2D eigenvalue weighted by atomic mass is 9.96. The average molecular weight is 714 g/mol. The molecule has 9 aromatic rings. The number of fused-ring (bicyclic) bond motifs is 8. The third-order valence-electron chi connectivity index (χ3n) is 11.1. The number of nitrogens with one attached hydrogen (secondary N) is 2. The lowest BCUT2D eigenvalue weighted by molar-refractivity contribution is 0.425. The first-order valence-corrected chi connectivity index (χ1v) is 19.5. The fourth-order valence-corrected chi connectivity index (χ4v) is 9.77. The number of allylic oxidation sites excluding steroid dienone is 3. The van der Waals surface area contributed by atoms with Crippen molar-refractivity contribution in [1.29, 1.82) is 0 Å². The molecule has 2 aromatic heterocycles. The SMILES string of the molecule is C1=CCCC(C2N=C(c3ccccc3)NC(c3ccc(-c4cccc5c4sc4c(-c6cccc7oc8c9ccccc9ccc8c67)cccc45)cc3)N2)=C1. The van der Waals surface area contributed by atoms with E-state index in [0.29, 0.717) is 0 Å². The molecule has 1 aliphatic heterocycles. The summed E-state index contributed by atoms with van der Waals surface area (Å²) in [6, 6.07) is 52.3. The van der Waals surface area contributed by atoms with E-state index in [2.05, 4.69) is 168 Å². The Hall–Kier alpha value is -6.27. The molecule has 0 saturated heterocycles. The van der Waals surface area contributed by atoms with E-state index >= 15 is 0 Å². The third kappa shape index (κ3) is 5.12. The first kappa shape index (κ1) is 31.3. The van der Waals surface area contributed by atoms with Crippen LogP contribution < -0.4 is 10.6 Å². The molecule has 0 fully saturated rings. The van der Waals surface area contributed by atoms with Crippen LogP contribution in [0.25, 0.3) is 75.1 Å². The highest BCUT2D eigenvalue weighted by Gasteiger charge is 2.27. The molecule has 5 heteroatoms. The van der Waals surface area contributed by atoms with Crippen LogP contribution in [0.4, 0.5) is 0 Å². The van der Waals surface area contributed by atoms with Crippen LogP contribution in [0, 0.1) is 0 Å². The molecule has 0 spiro atoms. The van der Waals surface area contributed by atoms with Crippen molar-refractivity contribution in [3.8, 4) is 22.3 Å². The summed E-state index contributed by atoms with van der Waals surface area (Å²) in [5.41, 5.74) is 10.3. The minimum atomic E-state index is -0.0807. The van der Waals surface area contributed by atoms with Crippen LogP contribution in [-0.2, 0) is 0 Å². The van der Waals surface area contributed by atoms with Gasteiger partial charge in [0.15, 0.2) is 0 Å². The van der Waals surface area contributed by atoms with Gasteiger partial charge in [0, 0.05) is 47.5 Å². The topological polar surface area (TPSA) is 49.6 Å². The van der Waals surface area contributed by atoms with Gasteiger partial charge in [-0.1, -0.05) is 152 Å². The molecule has 54 heavy (non-hydrogen) atoms. The molecular weight excluding hydrogens is 679 g/mol. The maximum Gasteiger partial charge on any atom is 0.143 e. The Morgan fingerprint density at radius 3 is 2.19 bits per heavy atom. The van der Waals surface area contributed by atoms with Crippen LogP contribution >= 0.6 is 11.3 Å². The van der Waals surface area contributed by atoms with Gasteiger partial charge in [0.1, 0.15) is 29.3 Å². The first-order chi connectivity index (χ1) is 26.8. The standard InChI is InChI=1S/C49H35N3OS/c1-3-13-32(14-4-1)47-50-48(33-15-5-2-6-16-33)52-49(51-47)34-26-24-31(25-27-34)36-18-9-21-39-40-22-10-20-38(46(40)54-45(36)39)37-19-11-23-42-43(37)41-29-28-30-12-7-8-17-35(30)44(41)53-42/h1-5,7-15,17-29,48-49,52H,6,16H2,(H,50,51). The van der Waals surface area contributed by atoms with Gasteiger partial charge in [-0.3, -0.25) is 5.32 Å². The second kappa shape index (κ2) is 12.7. The van der Waals surface area contributed by atoms with Crippen molar-refractivity contribution < 1.29 is 4.42 Å². The largest absolute Gasteiger partial charge is 0.455 e. The summed E-state index contributed by atoms with van der Waals surface area (Å²) < 4.78 is 9.17. The number of rotatable bonds is 5. The predicted molar refractivity (Wildman–Crippen MR) is 227 cm³/mol. The Balaban J connectivity index is 0.985. The Bertz CT molecular complexity index is 3000. The van der Waals surface area contributed by atoms with Crippen LogP contribution in [0.15, 0.2) is 179 Å². The summed E-state index contributed by atoms with van der Waals surface area (Å²) in [4.78, 5) is 5.13. The Labute approximate surface area is 316 Å². The van der Waals surface area contributed by atoms with Crippen LogP contribution in [0.3, 0.4) is 0 Å². The number of thiophene rings is 1. The fraction of sp³-hybridized carbons (Fsp3) is 0.0816. The van der Waals surface area contributed by atoms with Crippen LogP contribution in [0.2, 0.25) is 0 Å². The normalized spacial score (nSPS) is 17.3. The maximum absolute atomic E-state index is 6.58. The average Bonchev–Trinajstić information content (AvgIpc) is 3.84. The van der Waals surface area contributed by atoms with Gasteiger partial charge in [-0.25, -0.2) is 4.99 Å². The number of aliphatic imine (C=N–C) groups is 1. The van der Waals surface area contributed by atoms with Gasteiger partial charge in [0.2, 0.25) is 0 Å². The lowest BCUT2D eigenvalue weighted by Crippen LogP contribution is -2.49. The highest BCUT2D eigenvalue weighted by Crippen LogP contribution is 2.47. The van der Waals surface area contributed by atoms with Gasteiger partial charge >= 0.3 is 0 Å². The zero-order chi connectivity index (χ0) is 35.6. The number of benzene rings is 7. The smallest absolute Gasteiger partial charge is 0.143 e. The highest BCUT2D eigenvalue weighted by molar-refractivity contribution is 7.26. The molecule has 0 radical (unpaired) electrons. The Morgan fingerprint density at radius 2 is 1.35 bits per heavy atom. The van der Waals surface area contributed by atoms with E-state index in [1.54, 1.807) is 0 Å². The molecule has 7 aromatic carbocycles. The van der Waals surface area contributed by atoms with Crippen molar-refractivity contribution in [1.82, 2.24) is 10.6 Å². The Morgan fingerprint density at radius 1 is 0.611 bits per heavy atom. The molecule has 2 aliphatic rings. The molecular formula is C49H35N3OS. The number of amidine groups is 1. The van der Waals surface area contributed by atoms with Gasteiger partial charge in [-0.05, 0) is 58.2 Å². The zero-order valence-electron chi connectivity index (χ0n) is 29.4. The molecule has 0 saturated carbocycles. The summed E-state index contributed by atoms with van der Waals surface area (Å²) in [5, 5.41) is 14.7. The van der Waals surface area contributed by atoms with Crippen molar-refractivity contribution in [3.05, 3.63) is 181 Å². The molecule has 11 rings (SSSR count). The first-order valence-electron chi connectivity index (χ1n) is 18.7. The molecule has 2 unspecified atom stereocenters. The summed E-state index contributed by atoms with van der Waals surface area (Å²) in [7, 11) is 0. The fourth-order valence-electron chi connectivity index (χ4n) is 8.41. The second-order valence-electron chi connectivity index (χ2n) is 14.2. The van der Waals surface area contributed by atoms with Crippen LogP contribution in [0.1, 0.15) is 30.1 Å². The van der Waals surface area contributed by atoms with E-state index in [0.717, 1.165) is 46.2 Å². The quantitative estimate of drug-likeness (QED) is 0.187. The van der Waals surface area contributed by atoms with E-state index < -0.39 is 0 Å². The van der Waals surface area contributed by atoms with Crippen molar-refractivity contribution in [2.45, 2.75) is 25.2 Å². The number of nitrogens with zero attached hydrogens (tertiary/aromatic N) is 1. The molecule has 2 N–H and O–H groups in total. The van der Waals surface area contributed by atoms with Gasteiger partial charge in [-0.15, -0.1) is 11.3 Å². The van der Waals surface area contributed by atoms with E-state index in [-0.39, 0.29) is 12.3 Å². The summed E-state index contributed by atoms with van der Waals surface area (Å²) in [5.74, 6) is 0.919. The van der Waals surface area contributed by atoms with E-state index in [4.69, 9.17) is 9.41 Å². The zero-order valence-corrected chi connectivity index (χ0v) is 30.2. The van der Waals surface area contributed by atoms with Crippen molar-refractivity contribution in [2.24, 2.45) is 4.99 Å². The number of hydrogen-bond donors (Lipinski definition) is 2. The molecule has 3 heterocycles. The maximum atomic E-state index is 6.58. The van der Waals surface area contributed by atoms with E-state index in [1.165, 1.54) is 64.3 Å². The predicted octanol–water partition coefficient (Wildman–Crippen LogP) is 12.7. The molecule has 4 nitrogen and oxygen atoms in total. The van der Waals surface area contributed by atoms with Gasteiger partial charge in [0.05, 0.1) is 0 Å². The van der Waals surface area contributed by atoms with Crippen LogP contribution in [0.5, 0.6) is 0 Å². The van der Waals surface area contributed by atoms with Gasteiger partial charge in [-0.2, -0.15) is 0 Å². The molecule has 258 valence electrons. The molecule has 0 bridgehead atoms.